The molecule has 0 unspecified atom stereocenters. The highest BCUT2D eigenvalue weighted by molar-refractivity contribution is 6.38. The molecule has 0 aliphatic carbocycles. The number of halogens is 4. The number of ether oxygens (including phenoxy) is 2. The first kappa shape index (κ1) is 25.8. The molecule has 12 heteroatoms. The Balaban J connectivity index is 2.26. The summed E-state index contributed by atoms with van der Waals surface area (Å²) in [4.78, 5) is 46.5. The normalized spacial score (nSPS) is 11.1. The maximum atomic E-state index is 12.8. The van der Waals surface area contributed by atoms with E-state index in [0.29, 0.717) is 18.9 Å². The first-order valence-electron chi connectivity index (χ1n) is 9.50. The smallest absolute Gasteiger partial charge is 0.416 e. The van der Waals surface area contributed by atoms with E-state index in [-0.39, 0.29) is 23.1 Å². The number of Topliss-reactive ketones (excluding diaryl/α,β-unsaturated/α-hetero) is 2. The average molecular weight is 488 g/mol. The molecule has 2 aromatic carbocycles. The summed E-state index contributed by atoms with van der Waals surface area (Å²) in [5.74, 6) is -3.81. The Hall–Kier alpha value is -3.47. The van der Waals surface area contributed by atoms with Crippen molar-refractivity contribution >= 4 is 34.8 Å². The molecule has 0 aliphatic rings. The van der Waals surface area contributed by atoms with Crippen molar-refractivity contribution in [2.75, 3.05) is 6.61 Å². The summed E-state index contributed by atoms with van der Waals surface area (Å²) < 4.78 is 48.4. The zero-order valence-corrected chi connectivity index (χ0v) is 17.9. The number of nitro groups is 1. The van der Waals surface area contributed by atoms with Crippen LogP contribution in [0.25, 0.3) is 0 Å². The van der Waals surface area contributed by atoms with Crippen molar-refractivity contribution in [3.63, 3.8) is 0 Å². The molecule has 0 spiro atoms. The van der Waals surface area contributed by atoms with Crippen LogP contribution in [0.2, 0.25) is 5.02 Å². The van der Waals surface area contributed by atoms with Crippen LogP contribution in [0.15, 0.2) is 36.4 Å². The summed E-state index contributed by atoms with van der Waals surface area (Å²) in [5.41, 5.74) is -2.20. The molecule has 0 aliphatic heterocycles. The van der Waals surface area contributed by atoms with Gasteiger partial charge in [0.25, 0.3) is 5.69 Å². The molecular weight excluding hydrogens is 471 g/mol. The van der Waals surface area contributed by atoms with Gasteiger partial charge in [0.05, 0.1) is 34.1 Å². The summed E-state index contributed by atoms with van der Waals surface area (Å²) in [5, 5.41) is 10.9. The van der Waals surface area contributed by atoms with Gasteiger partial charge in [-0.15, -0.1) is 0 Å². The predicted octanol–water partition coefficient (Wildman–Crippen LogP) is 5.54. The van der Waals surface area contributed by atoms with E-state index in [4.69, 9.17) is 21.1 Å². The number of ketones is 2. The van der Waals surface area contributed by atoms with Crippen LogP contribution in [-0.2, 0) is 20.5 Å². The van der Waals surface area contributed by atoms with Crippen molar-refractivity contribution in [1.29, 1.82) is 0 Å². The fourth-order valence-electron chi connectivity index (χ4n) is 2.55. The van der Waals surface area contributed by atoms with E-state index in [1.807, 2.05) is 6.92 Å². The second-order valence-corrected chi connectivity index (χ2v) is 7.10. The molecule has 2 aromatic rings. The molecule has 0 radical (unpaired) electrons. The molecule has 0 atom stereocenters. The topological polar surface area (TPSA) is 113 Å². The minimum absolute atomic E-state index is 0.00732. The molecule has 0 bridgehead atoms. The van der Waals surface area contributed by atoms with Crippen molar-refractivity contribution in [1.82, 2.24) is 0 Å². The average Bonchev–Trinajstić information content (AvgIpc) is 2.74. The Morgan fingerprint density at radius 3 is 2.39 bits per heavy atom. The molecule has 0 N–H and O–H groups in total. The monoisotopic (exact) mass is 487 g/mol. The molecule has 0 heterocycles. The van der Waals surface area contributed by atoms with Crippen molar-refractivity contribution < 1.29 is 42.0 Å². The van der Waals surface area contributed by atoms with E-state index >= 15 is 0 Å². The maximum Gasteiger partial charge on any atom is 0.416 e. The molecule has 8 nitrogen and oxygen atoms in total. The van der Waals surface area contributed by atoms with Crippen LogP contribution in [0.1, 0.15) is 42.1 Å². The molecule has 2 rings (SSSR count). The van der Waals surface area contributed by atoms with Crippen LogP contribution in [0.3, 0.4) is 0 Å². The molecule has 33 heavy (non-hydrogen) atoms. The second-order valence-electron chi connectivity index (χ2n) is 6.69. The molecule has 0 fully saturated rings. The van der Waals surface area contributed by atoms with Crippen LogP contribution in [0.4, 0.5) is 18.9 Å². The quantitative estimate of drug-likeness (QED) is 0.0821. The number of carbonyl (C=O) groups excluding carboxylic acids is 3. The summed E-state index contributed by atoms with van der Waals surface area (Å²) in [6, 6.07) is 5.26. The van der Waals surface area contributed by atoms with Gasteiger partial charge < -0.3 is 9.47 Å². The van der Waals surface area contributed by atoms with Crippen LogP contribution >= 0.6 is 11.6 Å². The van der Waals surface area contributed by atoms with Gasteiger partial charge in [-0.25, -0.2) is 4.79 Å². The fraction of sp³-hybridized carbons (Fsp3) is 0.286. The van der Waals surface area contributed by atoms with Crippen molar-refractivity contribution in [3.05, 3.63) is 62.7 Å². The third-order valence-corrected chi connectivity index (χ3v) is 4.53. The Labute approximate surface area is 190 Å². The first-order chi connectivity index (χ1) is 15.4. The number of hydrogen-bond donors (Lipinski definition) is 0. The summed E-state index contributed by atoms with van der Waals surface area (Å²) in [7, 11) is 0. The highest BCUT2D eigenvalue weighted by atomic mass is 35.5. The predicted molar refractivity (Wildman–Crippen MR) is 109 cm³/mol. The van der Waals surface area contributed by atoms with Crippen molar-refractivity contribution in [2.45, 2.75) is 32.4 Å². The summed E-state index contributed by atoms with van der Waals surface area (Å²) in [6.07, 6.45) is -4.37. The van der Waals surface area contributed by atoms with E-state index in [9.17, 15) is 37.7 Å². The van der Waals surface area contributed by atoms with Gasteiger partial charge in [0, 0.05) is 6.07 Å². The summed E-state index contributed by atoms with van der Waals surface area (Å²) in [6.45, 7) is 1.83. The largest absolute Gasteiger partial charge is 0.460 e. The Kier molecular flexibility index (Phi) is 8.52. The number of hydrogen-bond acceptors (Lipinski definition) is 7. The van der Waals surface area contributed by atoms with Gasteiger partial charge in [-0.05, 0) is 36.8 Å². The maximum absolute atomic E-state index is 12.8. The van der Waals surface area contributed by atoms with Crippen molar-refractivity contribution in [3.8, 4) is 11.5 Å². The fourth-order valence-corrected chi connectivity index (χ4v) is 2.77. The lowest BCUT2D eigenvalue weighted by atomic mass is 10.0. The summed E-state index contributed by atoms with van der Waals surface area (Å²) >= 11 is 5.83. The molecule has 0 saturated carbocycles. The van der Waals surface area contributed by atoms with Gasteiger partial charge >= 0.3 is 12.1 Å². The number of alkyl halides is 3. The van der Waals surface area contributed by atoms with Crippen molar-refractivity contribution in [2.24, 2.45) is 0 Å². The number of unbranched alkanes of at least 4 members (excludes halogenated alkanes) is 1. The highest BCUT2D eigenvalue weighted by Crippen LogP contribution is 2.37. The van der Waals surface area contributed by atoms with E-state index in [2.05, 4.69) is 0 Å². The van der Waals surface area contributed by atoms with Gasteiger partial charge in [0.1, 0.15) is 11.5 Å². The Morgan fingerprint density at radius 2 is 1.82 bits per heavy atom. The second kappa shape index (κ2) is 10.9. The van der Waals surface area contributed by atoms with E-state index in [1.165, 1.54) is 0 Å². The van der Waals surface area contributed by atoms with E-state index < -0.39 is 51.9 Å². The molecule has 176 valence electrons. The minimum atomic E-state index is -4.63. The molecular formula is C21H17ClF3NO7. The number of esters is 1. The Bertz CT molecular complexity index is 1090. The van der Waals surface area contributed by atoms with Crippen LogP contribution in [-0.4, -0.2) is 29.1 Å². The number of rotatable bonds is 10. The van der Waals surface area contributed by atoms with Crippen LogP contribution in [0.5, 0.6) is 11.5 Å². The number of nitro benzene ring substituents is 1. The van der Waals surface area contributed by atoms with Crippen LogP contribution in [0, 0.1) is 10.1 Å². The van der Waals surface area contributed by atoms with Gasteiger partial charge in [-0.1, -0.05) is 24.9 Å². The first-order valence-corrected chi connectivity index (χ1v) is 9.88. The highest BCUT2D eigenvalue weighted by Gasteiger charge is 2.31. The number of benzene rings is 2. The van der Waals surface area contributed by atoms with E-state index in [0.717, 1.165) is 30.3 Å². The third kappa shape index (κ3) is 7.01. The lowest BCUT2D eigenvalue weighted by Crippen LogP contribution is -2.21. The molecule has 0 amide bonds. The van der Waals surface area contributed by atoms with Gasteiger partial charge in [-0.2, -0.15) is 13.2 Å². The van der Waals surface area contributed by atoms with Gasteiger partial charge in [0.2, 0.25) is 5.78 Å². The molecule has 0 aromatic heterocycles. The standard InChI is InChI=1S/C21H17ClF3NO7/c1-2-3-8-32-20(29)18(28)11-17(27)14-10-13(5-6-16(14)26(30)31)33-19-7-4-12(9-15(19)22)21(23,24)25/h4-7,9-10H,2-3,8,11H2,1H3. The zero-order valence-electron chi connectivity index (χ0n) is 17.1. The van der Waals surface area contributed by atoms with E-state index in [1.54, 1.807) is 0 Å². The number of carbonyl (C=O) groups is 3. The Morgan fingerprint density at radius 1 is 1.12 bits per heavy atom. The SMILES string of the molecule is CCCCOC(=O)C(=O)CC(=O)c1cc(Oc2ccc(C(F)(F)F)cc2Cl)ccc1[N+](=O)[O-]. The van der Waals surface area contributed by atoms with Gasteiger partial charge in [-0.3, -0.25) is 19.7 Å². The lowest BCUT2D eigenvalue weighted by molar-refractivity contribution is -0.385. The zero-order chi connectivity index (χ0) is 24.8. The lowest BCUT2D eigenvalue weighted by Gasteiger charge is -2.12. The number of nitrogens with zero attached hydrogens (tertiary/aromatic N) is 1. The van der Waals surface area contributed by atoms with Gasteiger partial charge in [0.15, 0.2) is 5.78 Å². The molecule has 0 saturated heterocycles. The third-order valence-electron chi connectivity index (χ3n) is 4.23. The minimum Gasteiger partial charge on any atom is -0.460 e. The van der Waals surface area contributed by atoms with Crippen LogP contribution < -0.4 is 4.74 Å².